The number of piperidine rings is 1. The third-order valence-corrected chi connectivity index (χ3v) is 5.27. The molecule has 1 saturated heterocycles. The number of halogens is 1. The van der Waals surface area contributed by atoms with Gasteiger partial charge in [0, 0.05) is 17.5 Å². The summed E-state index contributed by atoms with van der Waals surface area (Å²) in [6, 6.07) is 18.0. The third kappa shape index (κ3) is 5.65. The van der Waals surface area contributed by atoms with Gasteiger partial charge in [0.25, 0.3) is 0 Å². The molecule has 142 valence electrons. The van der Waals surface area contributed by atoms with Gasteiger partial charge in [-0.15, -0.1) is 0 Å². The Labute approximate surface area is 166 Å². The Morgan fingerprint density at radius 1 is 1.11 bits per heavy atom. The molecule has 0 aromatic heterocycles. The summed E-state index contributed by atoms with van der Waals surface area (Å²) in [4.78, 5) is 14.9. The van der Waals surface area contributed by atoms with Crippen molar-refractivity contribution in [1.82, 2.24) is 10.3 Å². The number of carbonyl (C=O) groups excluding carboxylic acids is 1. The molecule has 1 heterocycles. The molecule has 4 nitrogen and oxygen atoms in total. The summed E-state index contributed by atoms with van der Waals surface area (Å²) < 4.78 is 0. The number of carbonyl (C=O) groups is 1. The van der Waals surface area contributed by atoms with Gasteiger partial charge in [-0.05, 0) is 55.6 Å². The normalized spacial score (nSPS) is 16.3. The van der Waals surface area contributed by atoms with E-state index in [2.05, 4.69) is 27.6 Å². The van der Waals surface area contributed by atoms with Gasteiger partial charge in [-0.3, -0.25) is 9.69 Å². The highest BCUT2D eigenvalue weighted by Gasteiger charge is 2.25. The van der Waals surface area contributed by atoms with E-state index in [-0.39, 0.29) is 11.8 Å². The molecule has 27 heavy (non-hydrogen) atoms. The molecule has 0 bridgehead atoms. The molecule has 1 aliphatic heterocycles. The minimum absolute atomic E-state index is 0.0306. The third-order valence-electron chi connectivity index (χ3n) is 5.02. The summed E-state index contributed by atoms with van der Waals surface area (Å²) in [7, 11) is 0. The van der Waals surface area contributed by atoms with Crippen LogP contribution in [0.1, 0.15) is 37.3 Å². The summed E-state index contributed by atoms with van der Waals surface area (Å²) in [6.45, 7) is 4.79. The van der Waals surface area contributed by atoms with Crippen molar-refractivity contribution in [3.05, 3.63) is 70.7 Å². The molecule has 1 amide bonds. The lowest BCUT2D eigenvalue weighted by molar-refractivity contribution is -0.126. The molecular formula is C22H26ClN3O. The number of hydrogen-bond acceptors (Lipinski definition) is 3. The molecule has 0 radical (unpaired) electrons. The number of nitrogens with one attached hydrogen (secondary N) is 1. The number of amides is 1. The van der Waals surface area contributed by atoms with Crippen molar-refractivity contribution < 1.29 is 4.79 Å². The topological polar surface area (TPSA) is 44.7 Å². The van der Waals surface area contributed by atoms with Gasteiger partial charge in [-0.2, -0.15) is 5.10 Å². The maximum atomic E-state index is 12.5. The van der Waals surface area contributed by atoms with E-state index in [9.17, 15) is 4.79 Å². The van der Waals surface area contributed by atoms with Gasteiger partial charge < -0.3 is 0 Å². The molecule has 0 spiro atoms. The van der Waals surface area contributed by atoms with Crippen LogP contribution in [-0.2, 0) is 11.3 Å². The first-order chi connectivity index (χ1) is 13.2. The summed E-state index contributed by atoms with van der Waals surface area (Å²) in [5.74, 6) is 0.0621. The van der Waals surface area contributed by atoms with Crippen LogP contribution in [0.25, 0.3) is 0 Å². The lowest BCUT2D eigenvalue weighted by atomic mass is 9.96. The fourth-order valence-corrected chi connectivity index (χ4v) is 3.52. The molecule has 0 saturated carbocycles. The molecule has 1 N–H and O–H groups in total. The van der Waals surface area contributed by atoms with Gasteiger partial charge in [0.1, 0.15) is 0 Å². The zero-order valence-electron chi connectivity index (χ0n) is 15.7. The number of likely N-dealkylation sites (tertiary alicyclic amines) is 1. The first kappa shape index (κ1) is 19.6. The zero-order chi connectivity index (χ0) is 19.1. The van der Waals surface area contributed by atoms with E-state index in [1.54, 1.807) is 0 Å². The van der Waals surface area contributed by atoms with Crippen molar-refractivity contribution in [2.24, 2.45) is 11.0 Å². The number of rotatable bonds is 6. The van der Waals surface area contributed by atoms with Gasteiger partial charge in [-0.1, -0.05) is 61.0 Å². The van der Waals surface area contributed by atoms with Crippen LogP contribution in [0.5, 0.6) is 0 Å². The Kier molecular flexibility index (Phi) is 7.02. The second-order valence-corrected chi connectivity index (χ2v) is 7.37. The number of benzene rings is 2. The summed E-state index contributed by atoms with van der Waals surface area (Å²) in [5, 5.41) is 5.13. The van der Waals surface area contributed by atoms with E-state index in [1.807, 2.05) is 49.4 Å². The standard InChI is InChI=1S/C22H26ClN3O/c1-2-21(18-6-4-3-5-7-18)24-25-22(27)19-12-14-26(15-13-19)16-17-8-10-20(23)11-9-17/h3-11,19H,2,12-16H2,1H3,(H,25,27)/b24-21-. The van der Waals surface area contributed by atoms with E-state index in [0.717, 1.165) is 55.2 Å². The number of hydrogen-bond donors (Lipinski definition) is 1. The fourth-order valence-electron chi connectivity index (χ4n) is 3.39. The lowest BCUT2D eigenvalue weighted by Crippen LogP contribution is -2.39. The zero-order valence-corrected chi connectivity index (χ0v) is 16.5. The Morgan fingerprint density at radius 3 is 2.41 bits per heavy atom. The molecule has 0 aliphatic carbocycles. The van der Waals surface area contributed by atoms with Crippen LogP contribution in [0.2, 0.25) is 5.02 Å². The smallest absolute Gasteiger partial charge is 0.243 e. The Morgan fingerprint density at radius 2 is 1.78 bits per heavy atom. The molecule has 2 aromatic carbocycles. The van der Waals surface area contributed by atoms with Crippen LogP contribution in [0.15, 0.2) is 59.7 Å². The van der Waals surface area contributed by atoms with E-state index in [4.69, 9.17) is 11.6 Å². The molecule has 1 fully saturated rings. The van der Waals surface area contributed by atoms with E-state index in [0.29, 0.717) is 0 Å². The van der Waals surface area contributed by atoms with E-state index >= 15 is 0 Å². The van der Waals surface area contributed by atoms with Crippen LogP contribution in [0.3, 0.4) is 0 Å². The Balaban J connectivity index is 1.49. The van der Waals surface area contributed by atoms with Crippen molar-refractivity contribution in [2.45, 2.75) is 32.7 Å². The Bertz CT molecular complexity index is 766. The van der Waals surface area contributed by atoms with Crippen LogP contribution < -0.4 is 5.43 Å². The second-order valence-electron chi connectivity index (χ2n) is 6.93. The fraction of sp³-hybridized carbons (Fsp3) is 0.364. The van der Waals surface area contributed by atoms with Crippen molar-refractivity contribution in [2.75, 3.05) is 13.1 Å². The van der Waals surface area contributed by atoms with Crippen molar-refractivity contribution in [3.8, 4) is 0 Å². The number of nitrogens with zero attached hydrogens (tertiary/aromatic N) is 2. The quantitative estimate of drug-likeness (QED) is 0.590. The van der Waals surface area contributed by atoms with Crippen molar-refractivity contribution >= 4 is 23.2 Å². The van der Waals surface area contributed by atoms with Gasteiger partial charge >= 0.3 is 0 Å². The Hall–Kier alpha value is -2.17. The molecular weight excluding hydrogens is 358 g/mol. The summed E-state index contributed by atoms with van der Waals surface area (Å²) >= 11 is 5.94. The predicted molar refractivity (Wildman–Crippen MR) is 111 cm³/mol. The summed E-state index contributed by atoms with van der Waals surface area (Å²) in [5.41, 5.74) is 6.00. The minimum atomic E-state index is 0.0306. The van der Waals surface area contributed by atoms with Gasteiger partial charge in [0.05, 0.1) is 5.71 Å². The van der Waals surface area contributed by atoms with Crippen LogP contribution in [-0.4, -0.2) is 29.6 Å². The highest BCUT2D eigenvalue weighted by molar-refractivity contribution is 6.30. The van der Waals surface area contributed by atoms with E-state index in [1.165, 1.54) is 5.56 Å². The molecule has 0 unspecified atom stereocenters. The SMILES string of the molecule is CC/C(=N/NC(=O)C1CCN(Cc2ccc(Cl)cc2)CC1)c1ccccc1. The van der Waals surface area contributed by atoms with Gasteiger partial charge in [-0.25, -0.2) is 5.43 Å². The largest absolute Gasteiger partial charge is 0.299 e. The van der Waals surface area contributed by atoms with Crippen LogP contribution >= 0.6 is 11.6 Å². The van der Waals surface area contributed by atoms with E-state index < -0.39 is 0 Å². The first-order valence-electron chi connectivity index (χ1n) is 9.54. The molecule has 0 atom stereocenters. The maximum absolute atomic E-state index is 12.5. The average Bonchev–Trinajstić information content (AvgIpc) is 2.71. The van der Waals surface area contributed by atoms with Crippen molar-refractivity contribution in [1.29, 1.82) is 0 Å². The molecule has 3 rings (SSSR count). The van der Waals surface area contributed by atoms with Crippen LogP contribution in [0, 0.1) is 5.92 Å². The van der Waals surface area contributed by atoms with Gasteiger partial charge in [0.2, 0.25) is 5.91 Å². The number of hydrazone groups is 1. The minimum Gasteiger partial charge on any atom is -0.299 e. The average molecular weight is 384 g/mol. The highest BCUT2D eigenvalue weighted by atomic mass is 35.5. The van der Waals surface area contributed by atoms with Crippen molar-refractivity contribution in [3.63, 3.8) is 0 Å². The van der Waals surface area contributed by atoms with Gasteiger partial charge in [0.15, 0.2) is 0 Å². The molecule has 1 aliphatic rings. The lowest BCUT2D eigenvalue weighted by Gasteiger charge is -2.31. The second kappa shape index (κ2) is 9.67. The first-order valence-corrected chi connectivity index (χ1v) is 9.92. The molecule has 2 aromatic rings. The monoisotopic (exact) mass is 383 g/mol. The predicted octanol–water partition coefficient (Wildman–Crippen LogP) is 4.48. The van der Waals surface area contributed by atoms with Crippen LogP contribution in [0.4, 0.5) is 0 Å². The molecule has 5 heteroatoms. The highest BCUT2D eigenvalue weighted by Crippen LogP contribution is 2.20. The summed E-state index contributed by atoms with van der Waals surface area (Å²) in [6.07, 6.45) is 2.51. The maximum Gasteiger partial charge on any atom is 0.243 e.